The summed E-state index contributed by atoms with van der Waals surface area (Å²) < 4.78 is 5.80. The molecule has 0 spiro atoms. The highest BCUT2D eigenvalue weighted by Gasteiger charge is 2.34. The average Bonchev–Trinajstić information content (AvgIpc) is 3.32. The minimum absolute atomic E-state index is 0.213. The molecule has 0 saturated carbocycles. The van der Waals surface area contributed by atoms with Gasteiger partial charge in [0, 0.05) is 22.8 Å². The number of halogens is 1. The lowest BCUT2D eigenvalue weighted by atomic mass is 9.94. The summed E-state index contributed by atoms with van der Waals surface area (Å²) in [6, 6.07) is 25.8. The predicted molar refractivity (Wildman–Crippen MR) is 139 cm³/mol. The topological polar surface area (TPSA) is 54.2 Å². The van der Waals surface area contributed by atoms with Crippen LogP contribution in [-0.4, -0.2) is 20.2 Å². The number of allylic oxidation sites excluding steroid dienone is 1. The molecule has 0 radical (unpaired) electrons. The minimum Gasteiger partial charge on any atom is -0.351 e. The first-order valence-electron chi connectivity index (χ1n) is 11.0. The Balaban J connectivity index is 1.60. The van der Waals surface area contributed by atoms with Gasteiger partial charge in [0.1, 0.15) is 0 Å². The van der Waals surface area contributed by atoms with Gasteiger partial charge in [-0.1, -0.05) is 89.1 Å². The van der Waals surface area contributed by atoms with Crippen molar-refractivity contribution in [3.63, 3.8) is 0 Å². The summed E-state index contributed by atoms with van der Waals surface area (Å²) in [7, 11) is 0. The summed E-state index contributed by atoms with van der Waals surface area (Å²) in [5, 5.41) is 9.03. The highest BCUT2D eigenvalue weighted by Crippen LogP contribution is 2.38. The molecule has 3 aromatic carbocycles. The first kappa shape index (κ1) is 22.3. The Hall–Kier alpha value is -3.48. The van der Waals surface area contributed by atoms with Crippen LogP contribution in [-0.2, 0) is 6.54 Å². The lowest BCUT2D eigenvalue weighted by Crippen LogP contribution is -2.45. The Labute approximate surface area is 209 Å². The molecule has 1 atom stereocenters. The van der Waals surface area contributed by atoms with E-state index in [9.17, 15) is 0 Å². The first-order valence-corrected chi connectivity index (χ1v) is 11.8. The van der Waals surface area contributed by atoms with Crippen molar-refractivity contribution < 1.29 is 4.52 Å². The van der Waals surface area contributed by atoms with E-state index in [-0.39, 0.29) is 6.04 Å². The third kappa shape index (κ3) is 4.47. The second-order valence-electron chi connectivity index (χ2n) is 8.30. The molecule has 1 aromatic heterocycles. The van der Waals surface area contributed by atoms with Crippen LogP contribution in [0.3, 0.4) is 0 Å². The Morgan fingerprint density at radius 1 is 1.00 bits per heavy atom. The van der Waals surface area contributed by atoms with E-state index < -0.39 is 0 Å². The number of rotatable bonds is 5. The molecule has 5 rings (SSSR count). The van der Waals surface area contributed by atoms with Gasteiger partial charge in [0.15, 0.2) is 5.11 Å². The van der Waals surface area contributed by atoms with Crippen molar-refractivity contribution in [2.24, 2.45) is 0 Å². The Morgan fingerprint density at radius 2 is 1.79 bits per heavy atom. The highest BCUT2D eigenvalue weighted by atomic mass is 35.5. The maximum absolute atomic E-state index is 6.17. The normalized spacial score (nSPS) is 16.0. The van der Waals surface area contributed by atoms with Gasteiger partial charge in [0.05, 0.1) is 11.6 Å². The van der Waals surface area contributed by atoms with Crippen LogP contribution >= 0.6 is 23.8 Å². The van der Waals surface area contributed by atoms with E-state index >= 15 is 0 Å². The summed E-state index contributed by atoms with van der Waals surface area (Å²) in [6.07, 6.45) is 0. The summed E-state index contributed by atoms with van der Waals surface area (Å²) in [4.78, 5) is 6.83. The van der Waals surface area contributed by atoms with Crippen LogP contribution in [0.4, 0.5) is 0 Å². The number of benzene rings is 3. The summed E-state index contributed by atoms with van der Waals surface area (Å²) >= 11 is 12.0. The van der Waals surface area contributed by atoms with Gasteiger partial charge in [-0.25, -0.2) is 0 Å². The standard InChI is InChI=1S/C27H23ClN4OS/c1-17-8-6-9-19(14-17)16-32-18(2)23(24(29-27(32)34)20-10-4-3-5-11-20)26-30-25(31-33-26)21-12-7-13-22(28)15-21/h3-15,24H,16H2,1-2H3,(H,29,34). The molecule has 1 aliphatic rings. The molecule has 170 valence electrons. The zero-order chi connectivity index (χ0) is 23.7. The van der Waals surface area contributed by atoms with Crippen molar-refractivity contribution in [2.45, 2.75) is 26.4 Å². The van der Waals surface area contributed by atoms with Gasteiger partial charge in [0.2, 0.25) is 5.82 Å². The minimum atomic E-state index is -0.213. The van der Waals surface area contributed by atoms with E-state index in [1.54, 1.807) is 0 Å². The Morgan fingerprint density at radius 3 is 2.56 bits per heavy atom. The molecule has 1 unspecified atom stereocenters. The van der Waals surface area contributed by atoms with Crippen LogP contribution in [0, 0.1) is 6.92 Å². The van der Waals surface area contributed by atoms with Crippen LogP contribution in [0.15, 0.2) is 89.1 Å². The van der Waals surface area contributed by atoms with Gasteiger partial charge < -0.3 is 14.7 Å². The number of aryl methyl sites for hydroxylation is 1. The van der Waals surface area contributed by atoms with Crippen LogP contribution in [0.1, 0.15) is 35.5 Å². The fraction of sp³-hybridized carbons (Fsp3) is 0.148. The SMILES string of the molecule is CC1=C(c2nc(-c3cccc(Cl)c3)no2)C(c2ccccc2)NC(=S)N1Cc1cccc(C)c1. The molecule has 7 heteroatoms. The van der Waals surface area contributed by atoms with Crippen LogP contribution in [0.25, 0.3) is 17.0 Å². The van der Waals surface area contributed by atoms with E-state index in [1.807, 2.05) is 42.5 Å². The zero-order valence-corrected chi connectivity index (χ0v) is 20.4. The van der Waals surface area contributed by atoms with E-state index in [0.29, 0.717) is 28.4 Å². The quantitative estimate of drug-likeness (QED) is 0.322. The number of nitrogens with one attached hydrogen (secondary N) is 1. The van der Waals surface area contributed by atoms with E-state index in [2.05, 4.69) is 65.6 Å². The second kappa shape index (κ2) is 9.41. The second-order valence-corrected chi connectivity index (χ2v) is 9.12. The first-order chi connectivity index (χ1) is 16.5. The molecule has 34 heavy (non-hydrogen) atoms. The Kier molecular flexibility index (Phi) is 6.18. The van der Waals surface area contributed by atoms with Gasteiger partial charge in [-0.2, -0.15) is 4.98 Å². The maximum atomic E-state index is 6.17. The third-order valence-corrected chi connectivity index (χ3v) is 6.46. The average molecular weight is 487 g/mol. The molecular weight excluding hydrogens is 464 g/mol. The fourth-order valence-electron chi connectivity index (χ4n) is 4.22. The van der Waals surface area contributed by atoms with Crippen molar-refractivity contribution in [1.82, 2.24) is 20.4 Å². The molecule has 0 amide bonds. The van der Waals surface area contributed by atoms with Crippen LogP contribution < -0.4 is 5.32 Å². The molecule has 5 nitrogen and oxygen atoms in total. The number of hydrogen-bond donors (Lipinski definition) is 1. The molecule has 0 fully saturated rings. The fourth-order valence-corrected chi connectivity index (χ4v) is 4.72. The molecular formula is C27H23ClN4OS. The number of aromatic nitrogens is 2. The van der Waals surface area contributed by atoms with Crippen LogP contribution in [0.5, 0.6) is 0 Å². The predicted octanol–water partition coefficient (Wildman–Crippen LogP) is 6.56. The molecule has 0 saturated heterocycles. The number of thiocarbonyl (C=S) groups is 1. The van der Waals surface area contributed by atoms with Gasteiger partial charge in [-0.05, 0) is 49.3 Å². The molecule has 1 aliphatic heterocycles. The molecule has 2 heterocycles. The van der Waals surface area contributed by atoms with Gasteiger partial charge in [-0.15, -0.1) is 0 Å². The zero-order valence-electron chi connectivity index (χ0n) is 18.8. The molecule has 0 bridgehead atoms. The summed E-state index contributed by atoms with van der Waals surface area (Å²) in [5.74, 6) is 0.938. The van der Waals surface area contributed by atoms with Crippen molar-refractivity contribution in [3.05, 3.63) is 112 Å². The largest absolute Gasteiger partial charge is 0.351 e. The Bertz CT molecular complexity index is 1380. The molecule has 4 aromatic rings. The summed E-state index contributed by atoms with van der Waals surface area (Å²) in [5.41, 5.74) is 6.12. The van der Waals surface area contributed by atoms with E-state index in [0.717, 1.165) is 22.4 Å². The molecule has 1 N–H and O–H groups in total. The van der Waals surface area contributed by atoms with E-state index in [4.69, 9.17) is 33.3 Å². The summed E-state index contributed by atoms with van der Waals surface area (Å²) in [6.45, 7) is 4.78. The van der Waals surface area contributed by atoms with Crippen molar-refractivity contribution in [2.75, 3.05) is 0 Å². The van der Waals surface area contributed by atoms with Crippen molar-refractivity contribution >= 4 is 34.5 Å². The van der Waals surface area contributed by atoms with E-state index in [1.165, 1.54) is 11.1 Å². The maximum Gasteiger partial charge on any atom is 0.258 e. The number of hydrogen-bond acceptors (Lipinski definition) is 4. The smallest absolute Gasteiger partial charge is 0.258 e. The number of nitrogens with zero attached hydrogens (tertiary/aromatic N) is 3. The van der Waals surface area contributed by atoms with Gasteiger partial charge in [0.25, 0.3) is 5.89 Å². The van der Waals surface area contributed by atoms with Crippen molar-refractivity contribution in [3.8, 4) is 11.4 Å². The monoisotopic (exact) mass is 486 g/mol. The lowest BCUT2D eigenvalue weighted by Gasteiger charge is -2.37. The third-order valence-electron chi connectivity index (χ3n) is 5.89. The van der Waals surface area contributed by atoms with Gasteiger partial charge >= 0.3 is 0 Å². The highest BCUT2D eigenvalue weighted by molar-refractivity contribution is 7.80. The molecule has 0 aliphatic carbocycles. The lowest BCUT2D eigenvalue weighted by molar-refractivity contribution is 0.396. The van der Waals surface area contributed by atoms with Gasteiger partial charge in [-0.3, -0.25) is 0 Å². The van der Waals surface area contributed by atoms with Crippen molar-refractivity contribution in [1.29, 1.82) is 0 Å². The van der Waals surface area contributed by atoms with Crippen LogP contribution in [0.2, 0.25) is 5.02 Å².